The maximum atomic E-state index is 12.7. The van der Waals surface area contributed by atoms with Crippen LogP contribution in [0, 0.1) is 9.49 Å². The minimum Gasteiger partial charge on any atom is -0.366 e. The molecule has 2 aliphatic heterocycles. The molecule has 0 N–H and O–H groups in total. The fourth-order valence-corrected chi connectivity index (χ4v) is 3.47. The number of amides is 2. The molecule has 0 atom stereocenters. The van der Waals surface area contributed by atoms with Gasteiger partial charge in [-0.05, 0) is 65.6 Å². The lowest BCUT2D eigenvalue weighted by molar-refractivity contribution is -0.121. The van der Waals surface area contributed by atoms with Crippen molar-refractivity contribution in [2.75, 3.05) is 18.0 Å². The van der Waals surface area contributed by atoms with E-state index in [1.54, 1.807) is 12.1 Å². The molecule has 6 heteroatoms. The normalized spacial score (nSPS) is 20.3. The highest BCUT2D eigenvalue weighted by molar-refractivity contribution is 14.1. The molecule has 1 saturated heterocycles. The van der Waals surface area contributed by atoms with Crippen LogP contribution in [0.25, 0.3) is 0 Å². The molecule has 1 aromatic carbocycles. The molecule has 0 bridgehead atoms. The molecule has 0 saturated carbocycles. The molecule has 0 unspecified atom stereocenters. The number of carbonyl (C=O) groups excluding carboxylic acids is 2. The van der Waals surface area contributed by atoms with Gasteiger partial charge in [0.2, 0.25) is 0 Å². The summed E-state index contributed by atoms with van der Waals surface area (Å²) < 4.78 is 1.05. The maximum absolute atomic E-state index is 12.7. The van der Waals surface area contributed by atoms with E-state index in [0.717, 1.165) is 29.5 Å². The summed E-state index contributed by atoms with van der Waals surface area (Å²) >= 11 is 8.38. The second-order valence-electron chi connectivity index (χ2n) is 5.75. The molecule has 0 aliphatic carbocycles. The van der Waals surface area contributed by atoms with Gasteiger partial charge in [0.1, 0.15) is 10.7 Å². The summed E-state index contributed by atoms with van der Waals surface area (Å²) in [5.41, 5.74) is 0.922. The van der Waals surface area contributed by atoms with Crippen molar-refractivity contribution in [1.29, 1.82) is 0 Å². The van der Waals surface area contributed by atoms with E-state index < -0.39 is 5.91 Å². The van der Waals surface area contributed by atoms with Gasteiger partial charge < -0.3 is 4.90 Å². The van der Waals surface area contributed by atoms with Crippen LogP contribution in [0.2, 0.25) is 0 Å². The van der Waals surface area contributed by atoms with E-state index in [4.69, 9.17) is 11.6 Å². The number of anilines is 1. The maximum Gasteiger partial charge on any atom is 0.283 e. The van der Waals surface area contributed by atoms with Crippen LogP contribution in [0.15, 0.2) is 35.0 Å². The highest BCUT2D eigenvalue weighted by Gasteiger charge is 2.41. The Morgan fingerprint density at radius 1 is 1.09 bits per heavy atom. The number of benzene rings is 1. The zero-order valence-corrected chi connectivity index (χ0v) is 15.1. The predicted molar refractivity (Wildman–Crippen MR) is 94.5 cm³/mol. The van der Waals surface area contributed by atoms with Gasteiger partial charge in [-0.15, -0.1) is 0 Å². The molecule has 3 rings (SSSR count). The number of piperidine rings is 1. The Kier molecular flexibility index (Phi) is 4.45. The van der Waals surface area contributed by atoms with Crippen LogP contribution in [0.5, 0.6) is 0 Å². The molecule has 1 aromatic rings. The zero-order chi connectivity index (χ0) is 15.9. The minimum absolute atomic E-state index is 0.0399. The number of hydrogen-bond donors (Lipinski definition) is 0. The fraction of sp³-hybridized carbons (Fsp3) is 0.375. The molecule has 2 amide bonds. The molecule has 0 radical (unpaired) electrons. The Bertz CT molecular complexity index is 649. The number of nitrogens with zero attached hydrogens (tertiary/aromatic N) is 2. The molecule has 116 valence electrons. The lowest BCUT2D eigenvalue weighted by Crippen LogP contribution is -2.38. The standard InChI is InChI=1S/C16H16ClIN2O2/c1-10-6-8-19(9-7-10)14-13(17)15(21)20(16(14)22)12-4-2-11(18)3-5-12/h2-5,10H,6-9H2,1H3. The van der Waals surface area contributed by atoms with Gasteiger partial charge in [0.05, 0.1) is 5.69 Å². The number of rotatable bonds is 2. The largest absolute Gasteiger partial charge is 0.366 e. The van der Waals surface area contributed by atoms with Gasteiger partial charge in [0.25, 0.3) is 11.8 Å². The minimum atomic E-state index is -0.429. The molecule has 2 heterocycles. The summed E-state index contributed by atoms with van der Waals surface area (Å²) in [4.78, 5) is 28.2. The zero-order valence-electron chi connectivity index (χ0n) is 12.2. The van der Waals surface area contributed by atoms with E-state index in [1.165, 1.54) is 4.90 Å². The van der Waals surface area contributed by atoms with Crippen LogP contribution in [-0.2, 0) is 9.59 Å². The first-order valence-electron chi connectivity index (χ1n) is 7.28. The monoisotopic (exact) mass is 430 g/mol. The summed E-state index contributed by atoms with van der Waals surface area (Å²) in [6.07, 6.45) is 2.03. The van der Waals surface area contributed by atoms with E-state index in [-0.39, 0.29) is 10.9 Å². The third-order valence-electron chi connectivity index (χ3n) is 4.19. The Morgan fingerprint density at radius 2 is 1.68 bits per heavy atom. The van der Waals surface area contributed by atoms with Crippen molar-refractivity contribution in [3.63, 3.8) is 0 Å². The quantitative estimate of drug-likeness (QED) is 0.534. The molecule has 2 aliphatic rings. The van der Waals surface area contributed by atoms with Crippen LogP contribution in [0.1, 0.15) is 19.8 Å². The SMILES string of the molecule is CC1CCN(C2=C(Cl)C(=O)N(c3ccc(I)cc3)C2=O)CC1. The molecule has 4 nitrogen and oxygen atoms in total. The molecule has 0 spiro atoms. The highest BCUT2D eigenvalue weighted by Crippen LogP contribution is 2.33. The average molecular weight is 431 g/mol. The van der Waals surface area contributed by atoms with Gasteiger partial charge in [-0.2, -0.15) is 0 Å². The van der Waals surface area contributed by atoms with Crippen LogP contribution in [-0.4, -0.2) is 29.8 Å². The van der Waals surface area contributed by atoms with Crippen LogP contribution in [0.3, 0.4) is 0 Å². The first-order chi connectivity index (χ1) is 10.5. The molecular formula is C16H16ClIN2O2. The third-order valence-corrected chi connectivity index (χ3v) is 5.25. The molecule has 1 fully saturated rings. The van der Waals surface area contributed by atoms with Crippen molar-refractivity contribution in [2.24, 2.45) is 5.92 Å². The Morgan fingerprint density at radius 3 is 2.27 bits per heavy atom. The van der Waals surface area contributed by atoms with E-state index in [0.29, 0.717) is 17.3 Å². The topological polar surface area (TPSA) is 40.6 Å². The average Bonchev–Trinajstić information content (AvgIpc) is 2.72. The highest BCUT2D eigenvalue weighted by atomic mass is 127. The van der Waals surface area contributed by atoms with Crippen molar-refractivity contribution in [3.05, 3.63) is 38.6 Å². The Balaban J connectivity index is 1.88. The van der Waals surface area contributed by atoms with E-state index in [9.17, 15) is 9.59 Å². The van der Waals surface area contributed by atoms with Gasteiger partial charge in [-0.1, -0.05) is 18.5 Å². The van der Waals surface area contributed by atoms with Crippen LogP contribution < -0.4 is 4.90 Å². The van der Waals surface area contributed by atoms with Crippen molar-refractivity contribution >= 4 is 51.7 Å². The lowest BCUT2D eigenvalue weighted by atomic mass is 9.99. The molecular weight excluding hydrogens is 415 g/mol. The van der Waals surface area contributed by atoms with Gasteiger partial charge in [0.15, 0.2) is 0 Å². The summed E-state index contributed by atoms with van der Waals surface area (Å²) in [7, 11) is 0. The number of likely N-dealkylation sites (tertiary alicyclic amines) is 1. The van der Waals surface area contributed by atoms with Crippen LogP contribution >= 0.6 is 34.2 Å². The predicted octanol–water partition coefficient (Wildman–Crippen LogP) is 3.35. The van der Waals surface area contributed by atoms with Gasteiger partial charge in [-0.3, -0.25) is 9.59 Å². The van der Waals surface area contributed by atoms with Crippen molar-refractivity contribution in [3.8, 4) is 0 Å². The first-order valence-corrected chi connectivity index (χ1v) is 8.74. The molecule has 0 aromatic heterocycles. The van der Waals surface area contributed by atoms with E-state index in [1.807, 2.05) is 17.0 Å². The van der Waals surface area contributed by atoms with Crippen molar-refractivity contribution in [2.45, 2.75) is 19.8 Å². The smallest absolute Gasteiger partial charge is 0.283 e. The lowest BCUT2D eigenvalue weighted by Gasteiger charge is -2.32. The van der Waals surface area contributed by atoms with E-state index >= 15 is 0 Å². The summed E-state index contributed by atoms with van der Waals surface area (Å²) in [5, 5.41) is 0.0399. The van der Waals surface area contributed by atoms with Gasteiger partial charge in [0, 0.05) is 16.7 Å². The van der Waals surface area contributed by atoms with E-state index in [2.05, 4.69) is 29.5 Å². The Labute approximate surface area is 148 Å². The second kappa shape index (κ2) is 6.20. The second-order valence-corrected chi connectivity index (χ2v) is 7.38. The third kappa shape index (κ3) is 2.76. The number of carbonyl (C=O) groups is 2. The molecule has 22 heavy (non-hydrogen) atoms. The fourth-order valence-electron chi connectivity index (χ4n) is 2.82. The summed E-state index contributed by atoms with van der Waals surface area (Å²) in [6, 6.07) is 7.27. The van der Waals surface area contributed by atoms with Gasteiger partial charge in [-0.25, -0.2) is 4.90 Å². The summed E-state index contributed by atoms with van der Waals surface area (Å²) in [6.45, 7) is 3.74. The number of halogens is 2. The Hall–Kier alpha value is -1.08. The van der Waals surface area contributed by atoms with Gasteiger partial charge >= 0.3 is 0 Å². The number of imide groups is 1. The van der Waals surface area contributed by atoms with Crippen LogP contribution in [0.4, 0.5) is 5.69 Å². The summed E-state index contributed by atoms with van der Waals surface area (Å²) in [5.74, 6) is -0.0950. The number of hydrogen-bond acceptors (Lipinski definition) is 3. The van der Waals surface area contributed by atoms with Crippen molar-refractivity contribution in [1.82, 2.24) is 4.90 Å². The first kappa shape index (κ1) is 15.8. The van der Waals surface area contributed by atoms with Crippen molar-refractivity contribution < 1.29 is 9.59 Å².